The Hall–Kier alpha value is -1.50. The van der Waals surface area contributed by atoms with Gasteiger partial charge >= 0.3 is 0 Å². The van der Waals surface area contributed by atoms with Crippen LogP contribution in [0.2, 0.25) is 0 Å². The van der Waals surface area contributed by atoms with Crippen molar-refractivity contribution in [2.45, 2.75) is 45.1 Å². The number of halogens is 2. The zero-order valence-corrected chi connectivity index (χ0v) is 16.8. The number of carbonyl (C=O) groups excluding carboxylic acids is 2. The van der Waals surface area contributed by atoms with Gasteiger partial charge in [-0.15, -0.1) is 24.8 Å². The molecular weight excluding hydrogens is 375 g/mol. The molecule has 4 N–H and O–H groups in total. The monoisotopic (exact) mass is 404 g/mol. The Morgan fingerprint density at radius 2 is 1.88 bits per heavy atom. The number of hydrogen-bond acceptors (Lipinski definition) is 4. The standard InChI is InChI=1S/C18H28N4O2.2ClH/c1-14(20-17(23)8-5-9-19)12-18(24)21-15-6-4-7-16(13-15)22-10-2-3-11-22;;/h4,6-7,13-14H,2-3,5,8-12,19H2,1H3,(H,20,23)(H,21,24);2*1H. The molecule has 2 rings (SSSR count). The van der Waals surface area contributed by atoms with E-state index >= 15 is 0 Å². The van der Waals surface area contributed by atoms with Crippen LogP contribution in [0.25, 0.3) is 0 Å². The first-order valence-corrected chi connectivity index (χ1v) is 8.73. The summed E-state index contributed by atoms with van der Waals surface area (Å²) in [6.07, 6.45) is 3.76. The Labute approximate surface area is 168 Å². The lowest BCUT2D eigenvalue weighted by Gasteiger charge is -2.19. The van der Waals surface area contributed by atoms with Crippen LogP contribution in [0.1, 0.15) is 39.0 Å². The highest BCUT2D eigenvalue weighted by atomic mass is 35.5. The van der Waals surface area contributed by atoms with Crippen LogP contribution < -0.4 is 21.3 Å². The molecule has 1 aliphatic rings. The Morgan fingerprint density at radius 1 is 1.19 bits per heavy atom. The van der Waals surface area contributed by atoms with Crippen molar-refractivity contribution < 1.29 is 9.59 Å². The molecule has 1 aromatic rings. The number of amides is 2. The molecule has 26 heavy (non-hydrogen) atoms. The van der Waals surface area contributed by atoms with Crippen molar-refractivity contribution in [1.82, 2.24) is 5.32 Å². The van der Waals surface area contributed by atoms with E-state index in [1.54, 1.807) is 0 Å². The second-order valence-electron chi connectivity index (χ2n) is 6.36. The minimum atomic E-state index is -0.197. The van der Waals surface area contributed by atoms with Gasteiger partial charge in [-0.2, -0.15) is 0 Å². The third kappa shape index (κ3) is 8.25. The third-order valence-electron chi connectivity index (χ3n) is 4.11. The minimum absolute atomic E-state index is 0. The van der Waals surface area contributed by atoms with Crippen molar-refractivity contribution in [3.8, 4) is 0 Å². The van der Waals surface area contributed by atoms with E-state index in [-0.39, 0.29) is 49.1 Å². The lowest BCUT2D eigenvalue weighted by molar-refractivity contribution is -0.122. The summed E-state index contributed by atoms with van der Waals surface area (Å²) in [7, 11) is 0. The van der Waals surface area contributed by atoms with E-state index in [9.17, 15) is 9.59 Å². The molecule has 0 saturated carbocycles. The van der Waals surface area contributed by atoms with Gasteiger partial charge in [0, 0.05) is 43.3 Å². The van der Waals surface area contributed by atoms with E-state index in [1.807, 2.05) is 25.1 Å². The molecule has 0 bridgehead atoms. The van der Waals surface area contributed by atoms with E-state index in [0.717, 1.165) is 24.5 Å². The van der Waals surface area contributed by atoms with Gasteiger partial charge < -0.3 is 21.3 Å². The summed E-state index contributed by atoms with van der Waals surface area (Å²) in [5.74, 6) is -0.156. The molecule has 2 amide bonds. The average Bonchev–Trinajstić information content (AvgIpc) is 3.07. The Balaban J connectivity index is 0.00000312. The summed E-state index contributed by atoms with van der Waals surface area (Å²) in [5.41, 5.74) is 7.33. The van der Waals surface area contributed by atoms with Crippen molar-refractivity contribution in [3.63, 3.8) is 0 Å². The smallest absolute Gasteiger partial charge is 0.226 e. The van der Waals surface area contributed by atoms with Crippen LogP contribution in [-0.2, 0) is 9.59 Å². The fourth-order valence-electron chi connectivity index (χ4n) is 2.91. The second-order valence-corrected chi connectivity index (χ2v) is 6.36. The SMILES string of the molecule is CC(CC(=O)Nc1cccc(N2CCCC2)c1)NC(=O)CCCN.Cl.Cl. The molecule has 8 heteroatoms. The molecule has 6 nitrogen and oxygen atoms in total. The predicted octanol–water partition coefficient (Wildman–Crippen LogP) is 2.70. The topological polar surface area (TPSA) is 87.5 Å². The molecule has 0 aliphatic carbocycles. The fraction of sp³-hybridized carbons (Fsp3) is 0.556. The molecule has 0 aromatic heterocycles. The van der Waals surface area contributed by atoms with Gasteiger partial charge in [-0.1, -0.05) is 6.07 Å². The molecule has 1 aliphatic heterocycles. The van der Waals surface area contributed by atoms with Crippen LogP contribution in [0, 0.1) is 0 Å². The number of nitrogens with one attached hydrogen (secondary N) is 2. The number of nitrogens with two attached hydrogens (primary N) is 1. The fourth-order valence-corrected chi connectivity index (χ4v) is 2.91. The second kappa shape index (κ2) is 12.8. The van der Waals surface area contributed by atoms with Crippen molar-refractivity contribution in [2.24, 2.45) is 5.73 Å². The van der Waals surface area contributed by atoms with E-state index in [4.69, 9.17) is 5.73 Å². The zero-order valence-electron chi connectivity index (χ0n) is 15.2. The number of benzene rings is 1. The van der Waals surface area contributed by atoms with Crippen LogP contribution in [0.15, 0.2) is 24.3 Å². The summed E-state index contributed by atoms with van der Waals surface area (Å²) in [5, 5.41) is 5.74. The van der Waals surface area contributed by atoms with E-state index in [0.29, 0.717) is 19.4 Å². The molecular formula is C18H30Cl2N4O2. The average molecular weight is 405 g/mol. The highest BCUT2D eigenvalue weighted by Crippen LogP contribution is 2.23. The van der Waals surface area contributed by atoms with Gasteiger partial charge in [-0.25, -0.2) is 0 Å². The van der Waals surface area contributed by atoms with Gasteiger partial charge in [0.1, 0.15) is 0 Å². The van der Waals surface area contributed by atoms with Crippen LogP contribution in [-0.4, -0.2) is 37.5 Å². The largest absolute Gasteiger partial charge is 0.371 e. The summed E-state index contributed by atoms with van der Waals surface area (Å²) in [4.78, 5) is 26.1. The molecule has 148 valence electrons. The number of hydrogen-bond donors (Lipinski definition) is 3. The van der Waals surface area contributed by atoms with Crippen LogP contribution in [0.3, 0.4) is 0 Å². The van der Waals surface area contributed by atoms with Crippen molar-refractivity contribution in [3.05, 3.63) is 24.3 Å². The van der Waals surface area contributed by atoms with Crippen LogP contribution in [0.5, 0.6) is 0 Å². The van der Waals surface area contributed by atoms with Crippen molar-refractivity contribution in [1.29, 1.82) is 0 Å². The highest BCUT2D eigenvalue weighted by Gasteiger charge is 2.14. The summed E-state index contributed by atoms with van der Waals surface area (Å²) in [6.45, 7) is 4.47. The van der Waals surface area contributed by atoms with Gasteiger partial charge in [-0.05, 0) is 50.9 Å². The number of anilines is 2. The molecule has 1 aromatic carbocycles. The molecule has 1 saturated heterocycles. The lowest BCUT2D eigenvalue weighted by Crippen LogP contribution is -2.35. The maximum Gasteiger partial charge on any atom is 0.226 e. The van der Waals surface area contributed by atoms with Gasteiger partial charge in [0.25, 0.3) is 0 Å². The first kappa shape index (κ1) is 24.5. The van der Waals surface area contributed by atoms with Gasteiger partial charge in [0.2, 0.25) is 11.8 Å². The maximum atomic E-state index is 12.2. The zero-order chi connectivity index (χ0) is 17.4. The molecule has 1 unspecified atom stereocenters. The van der Waals surface area contributed by atoms with Crippen LogP contribution in [0.4, 0.5) is 11.4 Å². The van der Waals surface area contributed by atoms with Crippen LogP contribution >= 0.6 is 24.8 Å². The lowest BCUT2D eigenvalue weighted by atomic mass is 10.2. The van der Waals surface area contributed by atoms with Crippen molar-refractivity contribution >= 4 is 48.0 Å². The summed E-state index contributed by atoms with van der Waals surface area (Å²) < 4.78 is 0. The molecule has 1 atom stereocenters. The Morgan fingerprint density at radius 3 is 2.54 bits per heavy atom. The predicted molar refractivity (Wildman–Crippen MR) is 112 cm³/mol. The van der Waals surface area contributed by atoms with Gasteiger partial charge in [-0.3, -0.25) is 9.59 Å². The minimum Gasteiger partial charge on any atom is -0.371 e. The normalized spacial score (nSPS) is 14.0. The summed E-state index contributed by atoms with van der Waals surface area (Å²) in [6, 6.07) is 7.73. The van der Waals surface area contributed by atoms with E-state index in [2.05, 4.69) is 21.6 Å². The molecule has 0 spiro atoms. The number of rotatable bonds is 8. The van der Waals surface area contributed by atoms with E-state index < -0.39 is 0 Å². The molecule has 1 heterocycles. The summed E-state index contributed by atoms with van der Waals surface area (Å²) >= 11 is 0. The highest BCUT2D eigenvalue weighted by molar-refractivity contribution is 5.92. The Bertz CT molecular complexity index is 566. The number of carbonyl (C=O) groups is 2. The maximum absolute atomic E-state index is 12.2. The Kier molecular flexibility index (Phi) is 12.1. The first-order chi connectivity index (χ1) is 11.6. The molecule has 0 radical (unpaired) electrons. The first-order valence-electron chi connectivity index (χ1n) is 8.73. The van der Waals surface area contributed by atoms with Crippen molar-refractivity contribution in [2.75, 3.05) is 29.9 Å². The van der Waals surface area contributed by atoms with Gasteiger partial charge in [0.15, 0.2) is 0 Å². The third-order valence-corrected chi connectivity index (χ3v) is 4.11. The number of nitrogens with zero attached hydrogens (tertiary/aromatic N) is 1. The van der Waals surface area contributed by atoms with E-state index in [1.165, 1.54) is 12.8 Å². The quantitative estimate of drug-likeness (QED) is 0.621. The van der Waals surface area contributed by atoms with Gasteiger partial charge in [0.05, 0.1) is 0 Å². The molecule has 1 fully saturated rings.